The summed E-state index contributed by atoms with van der Waals surface area (Å²) in [5, 5.41) is 0. The van der Waals surface area contributed by atoms with Crippen LogP contribution in [0.1, 0.15) is 17.1 Å². The Morgan fingerprint density at radius 2 is 1.30 bits per heavy atom. The van der Waals surface area contributed by atoms with Crippen molar-refractivity contribution in [3.05, 3.63) is 71.7 Å². The molecule has 1 heterocycles. The van der Waals surface area contributed by atoms with Gasteiger partial charge in [0.25, 0.3) is 0 Å². The van der Waals surface area contributed by atoms with Crippen molar-refractivity contribution in [1.82, 2.24) is 0 Å². The van der Waals surface area contributed by atoms with Gasteiger partial charge in [0.1, 0.15) is 5.76 Å². The molecule has 3 aromatic rings. The van der Waals surface area contributed by atoms with Gasteiger partial charge in [-0.1, -0.05) is 60.2 Å². The zero-order valence-electron chi connectivity index (χ0n) is 12.7. The van der Waals surface area contributed by atoms with Crippen LogP contribution in [0.3, 0.4) is 0 Å². The maximum absolute atomic E-state index is 13.4. The molecule has 0 saturated heterocycles. The van der Waals surface area contributed by atoms with Crippen molar-refractivity contribution >= 4 is 0 Å². The highest BCUT2D eigenvalue weighted by molar-refractivity contribution is 5.86. The van der Waals surface area contributed by atoms with E-state index in [1.807, 2.05) is 31.2 Å². The van der Waals surface area contributed by atoms with Crippen LogP contribution in [-0.4, -0.2) is 0 Å². The number of rotatable bonds is 2. The summed E-state index contributed by atoms with van der Waals surface area (Å²) in [6, 6.07) is 15.9. The van der Waals surface area contributed by atoms with Crippen LogP contribution in [0.5, 0.6) is 0 Å². The van der Waals surface area contributed by atoms with Gasteiger partial charge >= 0.3 is 6.18 Å². The lowest BCUT2D eigenvalue weighted by atomic mass is 9.94. The summed E-state index contributed by atoms with van der Waals surface area (Å²) >= 11 is 0. The van der Waals surface area contributed by atoms with E-state index in [0.29, 0.717) is 16.7 Å². The number of alkyl halides is 3. The summed E-state index contributed by atoms with van der Waals surface area (Å²) < 4.78 is 45.4. The quantitative estimate of drug-likeness (QED) is 0.544. The van der Waals surface area contributed by atoms with Crippen LogP contribution in [-0.2, 0) is 6.18 Å². The van der Waals surface area contributed by atoms with Crippen LogP contribution < -0.4 is 0 Å². The Morgan fingerprint density at radius 3 is 1.87 bits per heavy atom. The molecule has 1 nitrogen and oxygen atoms in total. The fourth-order valence-electron chi connectivity index (χ4n) is 2.69. The normalized spacial score (nSPS) is 11.7. The molecular weight excluding hydrogens is 301 g/mol. The molecule has 0 radical (unpaired) electrons. The monoisotopic (exact) mass is 316 g/mol. The first kappa shape index (κ1) is 15.4. The van der Waals surface area contributed by atoms with Crippen molar-refractivity contribution in [2.75, 3.05) is 0 Å². The first-order valence-corrected chi connectivity index (χ1v) is 7.21. The molecule has 0 amide bonds. The summed E-state index contributed by atoms with van der Waals surface area (Å²) in [7, 11) is 0. The lowest BCUT2D eigenvalue weighted by Crippen LogP contribution is -2.05. The molecule has 0 N–H and O–H groups in total. The average Bonchev–Trinajstić information content (AvgIpc) is 2.87. The zero-order valence-corrected chi connectivity index (χ0v) is 12.7. The van der Waals surface area contributed by atoms with Crippen molar-refractivity contribution in [2.45, 2.75) is 20.0 Å². The van der Waals surface area contributed by atoms with E-state index in [4.69, 9.17) is 4.42 Å². The van der Waals surface area contributed by atoms with Gasteiger partial charge in [-0.2, -0.15) is 13.2 Å². The number of halogens is 3. The SMILES string of the molecule is Cc1ccc(-c2c(C)oc(C(F)(F)F)c2-c2ccccc2)cc1. The van der Waals surface area contributed by atoms with Crippen molar-refractivity contribution in [2.24, 2.45) is 0 Å². The van der Waals surface area contributed by atoms with Gasteiger partial charge in [-0.3, -0.25) is 0 Å². The minimum atomic E-state index is -4.54. The summed E-state index contributed by atoms with van der Waals surface area (Å²) in [6.45, 7) is 3.50. The predicted octanol–water partition coefficient (Wildman–Crippen LogP) is 6.25. The van der Waals surface area contributed by atoms with Crippen molar-refractivity contribution < 1.29 is 17.6 Å². The van der Waals surface area contributed by atoms with Crippen LogP contribution in [0, 0.1) is 13.8 Å². The van der Waals surface area contributed by atoms with E-state index in [-0.39, 0.29) is 11.3 Å². The lowest BCUT2D eigenvalue weighted by molar-refractivity contribution is -0.152. The van der Waals surface area contributed by atoms with Crippen molar-refractivity contribution in [1.29, 1.82) is 0 Å². The van der Waals surface area contributed by atoms with Gasteiger partial charge in [-0.15, -0.1) is 0 Å². The van der Waals surface area contributed by atoms with E-state index in [1.165, 1.54) is 0 Å². The van der Waals surface area contributed by atoms with E-state index in [0.717, 1.165) is 5.56 Å². The number of aryl methyl sites for hydroxylation is 2. The van der Waals surface area contributed by atoms with Crippen molar-refractivity contribution in [3.8, 4) is 22.3 Å². The number of hydrogen-bond donors (Lipinski definition) is 0. The number of benzene rings is 2. The maximum atomic E-state index is 13.4. The van der Waals surface area contributed by atoms with Crippen LogP contribution in [0.25, 0.3) is 22.3 Å². The van der Waals surface area contributed by atoms with Crippen LogP contribution in [0.2, 0.25) is 0 Å². The molecule has 0 aliphatic carbocycles. The Kier molecular flexibility index (Phi) is 3.76. The van der Waals surface area contributed by atoms with Gasteiger partial charge in [0.2, 0.25) is 5.76 Å². The molecule has 0 spiro atoms. The molecule has 0 bridgehead atoms. The third-order valence-corrected chi connectivity index (χ3v) is 3.74. The lowest BCUT2D eigenvalue weighted by Gasteiger charge is -2.09. The molecule has 118 valence electrons. The summed E-state index contributed by atoms with van der Waals surface area (Å²) in [6.07, 6.45) is -4.54. The average molecular weight is 316 g/mol. The van der Waals surface area contributed by atoms with Crippen LogP contribution >= 0.6 is 0 Å². The first-order valence-electron chi connectivity index (χ1n) is 7.21. The topological polar surface area (TPSA) is 13.1 Å². The van der Waals surface area contributed by atoms with Gasteiger partial charge in [0.05, 0.1) is 0 Å². The molecule has 2 aromatic carbocycles. The zero-order chi connectivity index (χ0) is 16.6. The Hall–Kier alpha value is -2.49. The molecule has 0 unspecified atom stereocenters. The van der Waals surface area contributed by atoms with E-state index in [2.05, 4.69) is 0 Å². The number of furan rings is 1. The molecule has 0 atom stereocenters. The second-order valence-electron chi connectivity index (χ2n) is 5.47. The summed E-state index contributed by atoms with van der Waals surface area (Å²) in [5.41, 5.74) is 2.84. The summed E-state index contributed by atoms with van der Waals surface area (Å²) in [4.78, 5) is 0. The Labute approximate surface area is 132 Å². The standard InChI is InChI=1S/C19H15F3O/c1-12-8-10-15(11-9-12)16-13(2)23-18(19(20,21)22)17(16)14-6-4-3-5-7-14/h3-11H,1-2H3. The molecule has 0 aliphatic heterocycles. The highest BCUT2D eigenvalue weighted by Gasteiger charge is 2.40. The molecular formula is C19H15F3O. The Balaban J connectivity index is 2.31. The maximum Gasteiger partial charge on any atom is 0.450 e. The molecule has 1 aromatic heterocycles. The smallest absolute Gasteiger partial charge is 0.450 e. The first-order chi connectivity index (χ1) is 10.9. The van der Waals surface area contributed by atoms with Gasteiger partial charge in [-0.25, -0.2) is 0 Å². The molecule has 0 aliphatic rings. The minimum Gasteiger partial charge on any atom is -0.455 e. The third-order valence-electron chi connectivity index (χ3n) is 3.74. The van der Waals surface area contributed by atoms with E-state index in [1.54, 1.807) is 37.3 Å². The second kappa shape index (κ2) is 5.61. The molecule has 23 heavy (non-hydrogen) atoms. The van der Waals surface area contributed by atoms with Crippen molar-refractivity contribution in [3.63, 3.8) is 0 Å². The number of hydrogen-bond acceptors (Lipinski definition) is 1. The fraction of sp³-hybridized carbons (Fsp3) is 0.158. The molecule has 3 rings (SSSR count). The molecule has 0 fully saturated rings. The van der Waals surface area contributed by atoms with Gasteiger partial charge < -0.3 is 4.42 Å². The van der Waals surface area contributed by atoms with Gasteiger partial charge in [0.15, 0.2) is 0 Å². The fourth-order valence-corrected chi connectivity index (χ4v) is 2.69. The Morgan fingerprint density at radius 1 is 0.739 bits per heavy atom. The molecule has 4 heteroatoms. The van der Waals surface area contributed by atoms with E-state index >= 15 is 0 Å². The predicted molar refractivity (Wildman–Crippen MR) is 84.1 cm³/mol. The highest BCUT2D eigenvalue weighted by atomic mass is 19.4. The summed E-state index contributed by atoms with van der Waals surface area (Å²) in [5.74, 6) is -0.684. The van der Waals surface area contributed by atoms with Gasteiger partial charge in [0, 0.05) is 11.1 Å². The third kappa shape index (κ3) is 2.89. The van der Waals surface area contributed by atoms with Crippen LogP contribution in [0.15, 0.2) is 59.0 Å². The second-order valence-corrected chi connectivity index (χ2v) is 5.47. The van der Waals surface area contributed by atoms with E-state index < -0.39 is 11.9 Å². The van der Waals surface area contributed by atoms with E-state index in [9.17, 15) is 13.2 Å². The highest BCUT2D eigenvalue weighted by Crippen LogP contribution is 2.46. The van der Waals surface area contributed by atoms with Gasteiger partial charge in [-0.05, 0) is 25.0 Å². The largest absolute Gasteiger partial charge is 0.455 e. The minimum absolute atomic E-state index is 0.0967. The van der Waals surface area contributed by atoms with Crippen LogP contribution in [0.4, 0.5) is 13.2 Å². The Bertz CT molecular complexity index is 812. The molecule has 0 saturated carbocycles.